The molecule has 2 aliphatic carbocycles. The normalized spacial score (nSPS) is 21.3. The Balaban J connectivity index is 1.56. The number of carboxylic acids is 1. The number of hydrogen-bond donors (Lipinski definition) is 2. The molecule has 1 aromatic heterocycles. The number of fused-ring (bicyclic) bond motifs is 1. The highest BCUT2D eigenvalue weighted by molar-refractivity contribution is 7.17. The minimum Gasteiger partial charge on any atom is -0.481 e. The highest BCUT2D eigenvalue weighted by Gasteiger charge is 2.33. The maximum Gasteiger partial charge on any atom is 0.307 e. The maximum atomic E-state index is 12.1. The van der Waals surface area contributed by atoms with Crippen molar-refractivity contribution in [2.24, 2.45) is 11.8 Å². The van der Waals surface area contributed by atoms with Crippen LogP contribution in [0.5, 0.6) is 0 Å². The topological polar surface area (TPSA) is 96.4 Å². The van der Waals surface area contributed by atoms with Gasteiger partial charge in [0, 0.05) is 19.3 Å². The second-order valence-corrected chi connectivity index (χ2v) is 7.75. The number of carbonyl (C=O) groups is 3. The maximum absolute atomic E-state index is 12.1. The minimum atomic E-state index is -0.972. The van der Waals surface area contributed by atoms with Crippen molar-refractivity contribution < 1.29 is 19.5 Å². The fourth-order valence-corrected chi connectivity index (χ4v) is 4.51. The summed E-state index contributed by atoms with van der Waals surface area (Å²) in [5.74, 6) is -1.30. The third-order valence-corrected chi connectivity index (χ3v) is 5.98. The van der Waals surface area contributed by atoms with E-state index in [9.17, 15) is 14.4 Å². The van der Waals surface area contributed by atoms with Gasteiger partial charge in [0.25, 0.3) is 0 Å². The summed E-state index contributed by atoms with van der Waals surface area (Å²) in [6.07, 6.45) is 7.89. The monoisotopic (exact) mass is 350 g/mol. The van der Waals surface area contributed by atoms with E-state index >= 15 is 0 Å². The summed E-state index contributed by atoms with van der Waals surface area (Å²) in [7, 11) is 0. The number of nitrogens with zero attached hydrogens (tertiary/aromatic N) is 1. The number of amides is 1. The molecule has 0 bridgehead atoms. The number of aromatic nitrogens is 1. The molecule has 24 heavy (non-hydrogen) atoms. The quantitative estimate of drug-likeness (QED) is 0.849. The van der Waals surface area contributed by atoms with Crippen LogP contribution in [-0.2, 0) is 16.0 Å². The summed E-state index contributed by atoms with van der Waals surface area (Å²) in [4.78, 5) is 40.0. The van der Waals surface area contributed by atoms with Gasteiger partial charge in [-0.1, -0.05) is 43.4 Å². The van der Waals surface area contributed by atoms with Crippen molar-refractivity contribution in [1.82, 2.24) is 4.98 Å². The van der Waals surface area contributed by atoms with Crippen LogP contribution in [0, 0.1) is 11.8 Å². The zero-order valence-corrected chi connectivity index (χ0v) is 14.4. The van der Waals surface area contributed by atoms with Crippen LogP contribution < -0.4 is 5.32 Å². The van der Waals surface area contributed by atoms with Gasteiger partial charge in [-0.25, -0.2) is 4.98 Å². The smallest absolute Gasteiger partial charge is 0.307 e. The van der Waals surface area contributed by atoms with Gasteiger partial charge < -0.3 is 10.4 Å². The van der Waals surface area contributed by atoms with Crippen LogP contribution in [0.4, 0.5) is 5.13 Å². The van der Waals surface area contributed by atoms with Gasteiger partial charge in [0.2, 0.25) is 5.91 Å². The molecule has 1 saturated carbocycles. The molecule has 6 nitrogen and oxygen atoms in total. The predicted octanol–water partition coefficient (Wildman–Crippen LogP) is 3.27. The highest BCUT2D eigenvalue weighted by atomic mass is 32.1. The lowest BCUT2D eigenvalue weighted by molar-refractivity contribution is -0.141. The molecule has 0 aliphatic heterocycles. The first kappa shape index (κ1) is 17.1. The molecule has 1 heterocycles. The molecular formula is C17H22N2O4S. The molecule has 1 amide bonds. The average molecular weight is 350 g/mol. The fourth-order valence-electron chi connectivity index (χ4n) is 3.55. The molecule has 0 radical (unpaired) electrons. The number of aliphatic carboxylic acids is 1. The van der Waals surface area contributed by atoms with E-state index in [2.05, 4.69) is 10.3 Å². The van der Waals surface area contributed by atoms with E-state index in [1.54, 1.807) is 0 Å². The van der Waals surface area contributed by atoms with Crippen molar-refractivity contribution in [3.05, 3.63) is 10.6 Å². The van der Waals surface area contributed by atoms with Crippen LogP contribution in [0.15, 0.2) is 0 Å². The van der Waals surface area contributed by atoms with Gasteiger partial charge in [-0.05, 0) is 12.3 Å². The van der Waals surface area contributed by atoms with Gasteiger partial charge >= 0.3 is 5.97 Å². The Bertz CT molecular complexity index is 649. The lowest BCUT2D eigenvalue weighted by atomic mass is 9.86. The number of hydrogen-bond acceptors (Lipinski definition) is 5. The van der Waals surface area contributed by atoms with E-state index < -0.39 is 11.9 Å². The Morgan fingerprint density at radius 1 is 1.21 bits per heavy atom. The van der Waals surface area contributed by atoms with E-state index in [4.69, 9.17) is 5.11 Å². The summed E-state index contributed by atoms with van der Waals surface area (Å²) in [5, 5.41) is 12.3. The van der Waals surface area contributed by atoms with Crippen molar-refractivity contribution >= 4 is 34.1 Å². The van der Waals surface area contributed by atoms with E-state index in [1.807, 2.05) is 0 Å². The standard InChI is InChI=1S/C17H22N2O4S/c20-13-9-11(16(22)23)8-12-15(13)24-17(18-12)19-14(21)7-6-10-4-2-1-3-5-10/h10-11H,1-9H2,(H,22,23)(H,18,19,21). The first-order valence-corrected chi connectivity index (χ1v) is 9.40. The molecule has 3 rings (SSSR count). The number of nitrogens with one attached hydrogen (secondary N) is 1. The summed E-state index contributed by atoms with van der Waals surface area (Å²) in [6.45, 7) is 0. The van der Waals surface area contributed by atoms with Gasteiger partial charge in [0.15, 0.2) is 10.9 Å². The molecule has 1 unspecified atom stereocenters. The van der Waals surface area contributed by atoms with Crippen LogP contribution in [0.1, 0.15) is 66.7 Å². The summed E-state index contributed by atoms with van der Waals surface area (Å²) < 4.78 is 0. The number of rotatable bonds is 5. The van der Waals surface area contributed by atoms with Crippen molar-refractivity contribution in [1.29, 1.82) is 0 Å². The predicted molar refractivity (Wildman–Crippen MR) is 90.3 cm³/mol. The van der Waals surface area contributed by atoms with E-state index in [0.717, 1.165) is 17.8 Å². The third-order valence-electron chi connectivity index (χ3n) is 4.92. The molecule has 2 aliphatic rings. The Kier molecular flexibility index (Phi) is 5.28. The molecule has 2 N–H and O–H groups in total. The molecule has 0 spiro atoms. The first-order chi connectivity index (χ1) is 11.5. The van der Waals surface area contributed by atoms with E-state index in [-0.39, 0.29) is 24.5 Å². The van der Waals surface area contributed by atoms with Gasteiger partial charge in [-0.2, -0.15) is 0 Å². The van der Waals surface area contributed by atoms with Crippen molar-refractivity contribution in [3.63, 3.8) is 0 Å². The first-order valence-electron chi connectivity index (χ1n) is 8.58. The lowest BCUT2D eigenvalue weighted by Crippen LogP contribution is -2.25. The minimum absolute atomic E-state index is 0.0135. The lowest BCUT2D eigenvalue weighted by Gasteiger charge is -2.20. The second kappa shape index (κ2) is 7.42. The van der Waals surface area contributed by atoms with Crippen LogP contribution in [0.25, 0.3) is 0 Å². The van der Waals surface area contributed by atoms with Crippen LogP contribution in [0.3, 0.4) is 0 Å². The molecular weight excluding hydrogens is 328 g/mol. The molecule has 1 aromatic rings. The van der Waals surface area contributed by atoms with Gasteiger partial charge in [0.05, 0.1) is 16.5 Å². The van der Waals surface area contributed by atoms with Crippen LogP contribution in [-0.4, -0.2) is 27.8 Å². The van der Waals surface area contributed by atoms with Crippen LogP contribution in [0.2, 0.25) is 0 Å². The summed E-state index contributed by atoms with van der Waals surface area (Å²) in [5.41, 5.74) is 0.506. The van der Waals surface area contributed by atoms with Crippen molar-refractivity contribution in [2.75, 3.05) is 5.32 Å². The zero-order chi connectivity index (χ0) is 17.1. The van der Waals surface area contributed by atoms with E-state index in [0.29, 0.717) is 28.0 Å². The van der Waals surface area contributed by atoms with Crippen molar-refractivity contribution in [3.8, 4) is 0 Å². The fraction of sp³-hybridized carbons (Fsp3) is 0.647. The Hall–Kier alpha value is -1.76. The summed E-state index contributed by atoms with van der Waals surface area (Å²) >= 11 is 1.16. The average Bonchev–Trinajstić information content (AvgIpc) is 2.97. The number of ketones is 1. The van der Waals surface area contributed by atoms with Crippen LogP contribution >= 0.6 is 11.3 Å². The number of Topliss-reactive ketones (excluding diaryl/α,β-unsaturated/α-hetero) is 1. The Morgan fingerprint density at radius 3 is 2.67 bits per heavy atom. The molecule has 0 saturated heterocycles. The largest absolute Gasteiger partial charge is 0.481 e. The molecule has 7 heteroatoms. The number of anilines is 1. The molecule has 1 fully saturated rings. The summed E-state index contributed by atoms with van der Waals surface area (Å²) in [6, 6.07) is 0. The number of carbonyl (C=O) groups excluding carboxylic acids is 2. The van der Waals surface area contributed by atoms with Crippen molar-refractivity contribution in [2.45, 2.75) is 57.8 Å². The highest BCUT2D eigenvalue weighted by Crippen LogP contribution is 2.33. The SMILES string of the molecule is O=C(CCC1CCCCC1)Nc1nc2c(s1)C(=O)CC(C(=O)O)C2. The zero-order valence-electron chi connectivity index (χ0n) is 13.5. The van der Waals surface area contributed by atoms with Gasteiger partial charge in [0.1, 0.15) is 0 Å². The molecule has 1 atom stereocenters. The Morgan fingerprint density at radius 2 is 1.96 bits per heavy atom. The number of thiazole rings is 1. The second-order valence-electron chi connectivity index (χ2n) is 6.75. The van der Waals surface area contributed by atoms with E-state index in [1.165, 1.54) is 32.1 Å². The van der Waals surface area contributed by atoms with Gasteiger partial charge in [-0.3, -0.25) is 14.4 Å². The molecule has 0 aromatic carbocycles. The Labute approximate surface area is 144 Å². The number of carboxylic acid groups (broad SMARTS) is 1. The molecule has 130 valence electrons. The third kappa shape index (κ3) is 4.01. The van der Waals surface area contributed by atoms with Gasteiger partial charge in [-0.15, -0.1) is 0 Å².